The van der Waals surface area contributed by atoms with Crippen LogP contribution in [0.25, 0.3) is 0 Å². The van der Waals surface area contributed by atoms with E-state index in [-0.39, 0.29) is 5.54 Å². The van der Waals surface area contributed by atoms with Gasteiger partial charge in [-0.3, -0.25) is 0 Å². The maximum atomic E-state index is 2.65. The highest BCUT2D eigenvalue weighted by molar-refractivity contribution is 5.63. The molecule has 0 amide bonds. The molecular weight excluding hydrogens is 230 g/mol. The van der Waals surface area contributed by atoms with Crippen molar-refractivity contribution in [1.29, 1.82) is 0 Å². The number of hydrogen-bond donors (Lipinski definition) is 0. The lowest BCUT2D eigenvalue weighted by Gasteiger charge is -2.37. The van der Waals surface area contributed by atoms with Crippen LogP contribution in [0.3, 0.4) is 0 Å². The first-order chi connectivity index (χ1) is 8.64. The fourth-order valence-electron chi connectivity index (χ4n) is 3.86. The zero-order valence-electron chi connectivity index (χ0n) is 13.7. The van der Waals surface area contributed by atoms with E-state index in [1.165, 1.54) is 23.2 Å². The monoisotopic (exact) mass is 259 g/mol. The van der Waals surface area contributed by atoms with Crippen LogP contribution in [0.5, 0.6) is 0 Å². The third kappa shape index (κ3) is 2.66. The molecule has 1 saturated heterocycles. The summed E-state index contributed by atoms with van der Waals surface area (Å²) >= 11 is 0. The minimum atomic E-state index is 0.249. The van der Waals surface area contributed by atoms with Gasteiger partial charge in [-0.15, -0.1) is 0 Å². The van der Waals surface area contributed by atoms with Crippen LogP contribution in [-0.2, 0) is 0 Å². The molecule has 1 heterocycles. The molecule has 106 valence electrons. The van der Waals surface area contributed by atoms with Crippen molar-refractivity contribution in [2.75, 3.05) is 11.4 Å². The van der Waals surface area contributed by atoms with Crippen LogP contribution in [0.1, 0.15) is 65.0 Å². The maximum absolute atomic E-state index is 2.65. The van der Waals surface area contributed by atoms with Crippen LogP contribution < -0.4 is 4.90 Å². The number of rotatable bonds is 2. The number of para-hydroxylation sites is 1. The number of hydrogen-bond acceptors (Lipinski definition) is 1. The van der Waals surface area contributed by atoms with E-state index < -0.39 is 0 Å². The highest BCUT2D eigenvalue weighted by atomic mass is 15.2. The number of aryl methyl sites for hydroxylation is 1. The second-order valence-corrected chi connectivity index (χ2v) is 7.91. The van der Waals surface area contributed by atoms with Gasteiger partial charge in [0.2, 0.25) is 0 Å². The number of nitrogens with zero attached hydrogens (tertiary/aromatic N) is 1. The second-order valence-electron chi connectivity index (χ2n) is 7.91. The Balaban J connectivity index is 2.53. The van der Waals surface area contributed by atoms with Crippen molar-refractivity contribution in [2.45, 2.75) is 66.3 Å². The van der Waals surface area contributed by atoms with Gasteiger partial charge >= 0.3 is 0 Å². The Bertz CT molecular complexity index is 469. The van der Waals surface area contributed by atoms with Gasteiger partial charge in [0.15, 0.2) is 0 Å². The maximum Gasteiger partial charge on any atom is 0.0435 e. The van der Waals surface area contributed by atoms with Crippen LogP contribution in [0.2, 0.25) is 0 Å². The molecule has 0 atom stereocenters. The third-order valence-electron chi connectivity index (χ3n) is 4.39. The average Bonchev–Trinajstić information content (AvgIpc) is 2.46. The van der Waals surface area contributed by atoms with E-state index in [9.17, 15) is 0 Å². The molecule has 19 heavy (non-hydrogen) atoms. The molecule has 0 saturated carbocycles. The highest BCUT2D eigenvalue weighted by Crippen LogP contribution is 2.46. The van der Waals surface area contributed by atoms with E-state index in [4.69, 9.17) is 0 Å². The summed E-state index contributed by atoms with van der Waals surface area (Å²) in [5, 5.41) is 0. The fraction of sp³-hybridized carbons (Fsp3) is 0.667. The molecule has 1 aromatic carbocycles. The van der Waals surface area contributed by atoms with E-state index >= 15 is 0 Å². The molecule has 0 unspecified atom stereocenters. The fourth-order valence-corrected chi connectivity index (χ4v) is 3.86. The van der Waals surface area contributed by atoms with Crippen LogP contribution >= 0.6 is 0 Å². The quantitative estimate of drug-likeness (QED) is 0.711. The van der Waals surface area contributed by atoms with Crippen molar-refractivity contribution < 1.29 is 0 Å². The Morgan fingerprint density at radius 2 is 1.74 bits per heavy atom. The number of benzene rings is 1. The topological polar surface area (TPSA) is 3.24 Å². The zero-order chi connectivity index (χ0) is 14.4. The van der Waals surface area contributed by atoms with Crippen molar-refractivity contribution in [2.24, 2.45) is 5.41 Å². The predicted octanol–water partition coefficient (Wildman–Crippen LogP) is 5.13. The smallest absolute Gasteiger partial charge is 0.0435 e. The van der Waals surface area contributed by atoms with E-state index in [1.54, 1.807) is 0 Å². The van der Waals surface area contributed by atoms with Gasteiger partial charge in [-0.1, -0.05) is 45.9 Å². The summed E-state index contributed by atoms with van der Waals surface area (Å²) in [7, 11) is 0. The zero-order valence-corrected chi connectivity index (χ0v) is 13.7. The predicted molar refractivity (Wildman–Crippen MR) is 85.1 cm³/mol. The summed E-state index contributed by atoms with van der Waals surface area (Å²) in [5.74, 6) is 0.578. The second kappa shape index (κ2) is 4.54. The van der Waals surface area contributed by atoms with Crippen LogP contribution in [0.4, 0.5) is 5.69 Å². The molecule has 0 N–H and O–H groups in total. The summed E-state index contributed by atoms with van der Waals surface area (Å²) in [6.07, 6.45) is 1.26. The van der Waals surface area contributed by atoms with Gasteiger partial charge in [-0.05, 0) is 49.7 Å². The van der Waals surface area contributed by atoms with Crippen LogP contribution in [-0.4, -0.2) is 12.1 Å². The summed E-state index contributed by atoms with van der Waals surface area (Å²) in [4.78, 5) is 2.65. The molecule has 1 aromatic rings. The first-order valence-corrected chi connectivity index (χ1v) is 7.51. The third-order valence-corrected chi connectivity index (χ3v) is 4.39. The van der Waals surface area contributed by atoms with Crippen molar-refractivity contribution in [3.8, 4) is 0 Å². The van der Waals surface area contributed by atoms with Gasteiger partial charge in [0.25, 0.3) is 0 Å². The minimum absolute atomic E-state index is 0.249. The normalized spacial score (nSPS) is 21.2. The van der Waals surface area contributed by atoms with Crippen molar-refractivity contribution in [3.63, 3.8) is 0 Å². The molecule has 0 bridgehead atoms. The molecule has 1 fully saturated rings. The van der Waals surface area contributed by atoms with Crippen molar-refractivity contribution >= 4 is 5.69 Å². The largest absolute Gasteiger partial charge is 0.365 e. The molecule has 2 rings (SSSR count). The van der Waals surface area contributed by atoms with Gasteiger partial charge < -0.3 is 4.90 Å². The first-order valence-electron chi connectivity index (χ1n) is 7.51. The summed E-state index contributed by atoms with van der Waals surface area (Å²) < 4.78 is 0. The molecule has 1 aliphatic heterocycles. The van der Waals surface area contributed by atoms with Gasteiger partial charge in [-0.25, -0.2) is 0 Å². The lowest BCUT2D eigenvalue weighted by molar-refractivity contribution is 0.371. The Morgan fingerprint density at radius 1 is 1.11 bits per heavy atom. The molecule has 0 aromatic heterocycles. The average molecular weight is 259 g/mol. The Kier molecular flexibility index (Phi) is 3.45. The van der Waals surface area contributed by atoms with Gasteiger partial charge in [0.05, 0.1) is 0 Å². The van der Waals surface area contributed by atoms with E-state index in [0.29, 0.717) is 11.3 Å². The summed E-state index contributed by atoms with van der Waals surface area (Å²) in [5.41, 5.74) is 5.04. The molecule has 0 aliphatic carbocycles. The Morgan fingerprint density at radius 3 is 2.21 bits per heavy atom. The molecule has 1 aliphatic rings. The van der Waals surface area contributed by atoms with Gasteiger partial charge in [-0.2, -0.15) is 0 Å². The molecule has 0 radical (unpaired) electrons. The molecular formula is C18H29N. The van der Waals surface area contributed by atoms with E-state index in [0.717, 1.165) is 6.54 Å². The standard InChI is InChI=1S/C18H29N/c1-13(2)15-10-8-9-14(3)16(15)19-12-17(4,5)11-18(19,6)7/h8-10,13H,11-12H2,1-7H3. The Hall–Kier alpha value is -0.980. The van der Waals surface area contributed by atoms with E-state index in [2.05, 4.69) is 71.6 Å². The van der Waals surface area contributed by atoms with Crippen LogP contribution in [0, 0.1) is 12.3 Å². The Labute approximate surface area is 119 Å². The van der Waals surface area contributed by atoms with Crippen molar-refractivity contribution in [3.05, 3.63) is 29.3 Å². The molecule has 1 heteroatoms. The lowest BCUT2D eigenvalue weighted by Crippen LogP contribution is -2.39. The highest BCUT2D eigenvalue weighted by Gasteiger charge is 2.43. The van der Waals surface area contributed by atoms with Crippen molar-refractivity contribution in [1.82, 2.24) is 0 Å². The van der Waals surface area contributed by atoms with E-state index in [1.807, 2.05) is 0 Å². The molecule has 1 nitrogen and oxygen atoms in total. The minimum Gasteiger partial charge on any atom is -0.365 e. The van der Waals surface area contributed by atoms with Gasteiger partial charge in [0.1, 0.15) is 0 Å². The SMILES string of the molecule is Cc1cccc(C(C)C)c1N1CC(C)(C)CC1(C)C. The number of anilines is 1. The summed E-state index contributed by atoms with van der Waals surface area (Å²) in [6, 6.07) is 6.75. The first kappa shape index (κ1) is 14.4. The molecule has 0 spiro atoms. The van der Waals surface area contributed by atoms with Gasteiger partial charge in [0, 0.05) is 17.8 Å². The van der Waals surface area contributed by atoms with Crippen LogP contribution in [0.15, 0.2) is 18.2 Å². The lowest BCUT2D eigenvalue weighted by atomic mass is 9.86. The summed E-state index contributed by atoms with van der Waals surface area (Å²) in [6.45, 7) is 17.6.